The zero-order chi connectivity index (χ0) is 13.8. The minimum absolute atomic E-state index is 0.0242. The Bertz CT molecular complexity index is 621. The molecule has 8 heteroatoms. The van der Waals surface area contributed by atoms with Gasteiger partial charge in [-0.15, -0.1) is 0 Å². The van der Waals surface area contributed by atoms with Crippen molar-refractivity contribution in [2.24, 2.45) is 0 Å². The third-order valence-electron chi connectivity index (χ3n) is 2.05. The lowest BCUT2D eigenvalue weighted by Crippen LogP contribution is -2.16. The number of halogens is 2. The number of anilines is 1. The number of nitrogens with zero attached hydrogens (tertiary/aromatic N) is 3. The molecule has 0 aromatic carbocycles. The van der Waals surface area contributed by atoms with Gasteiger partial charge in [0.05, 0.1) is 7.11 Å². The summed E-state index contributed by atoms with van der Waals surface area (Å²) in [5.74, 6) is -0.225. The van der Waals surface area contributed by atoms with E-state index in [2.05, 4.69) is 20.3 Å². The number of methoxy groups -OCH3 is 1. The van der Waals surface area contributed by atoms with Gasteiger partial charge in [0.25, 0.3) is 5.91 Å². The van der Waals surface area contributed by atoms with Crippen LogP contribution in [0.15, 0.2) is 24.3 Å². The Kier molecular flexibility index (Phi) is 4.13. The van der Waals surface area contributed by atoms with Crippen molar-refractivity contribution >= 4 is 35.1 Å². The molecule has 0 fully saturated rings. The van der Waals surface area contributed by atoms with E-state index in [-0.39, 0.29) is 27.8 Å². The van der Waals surface area contributed by atoms with E-state index in [9.17, 15) is 4.79 Å². The van der Waals surface area contributed by atoms with Crippen LogP contribution in [-0.4, -0.2) is 28.0 Å². The first-order chi connectivity index (χ1) is 9.08. The van der Waals surface area contributed by atoms with Gasteiger partial charge in [0.15, 0.2) is 0 Å². The van der Waals surface area contributed by atoms with Crippen LogP contribution in [0, 0.1) is 0 Å². The summed E-state index contributed by atoms with van der Waals surface area (Å²) in [6, 6.07) is 6.12. The Morgan fingerprint density at radius 3 is 2.68 bits per heavy atom. The fourth-order valence-corrected chi connectivity index (χ4v) is 1.59. The van der Waals surface area contributed by atoms with E-state index < -0.39 is 5.91 Å². The molecule has 0 unspecified atom stereocenters. The summed E-state index contributed by atoms with van der Waals surface area (Å²) < 4.78 is 4.92. The van der Waals surface area contributed by atoms with Gasteiger partial charge in [-0.05, 0) is 12.1 Å². The second-order valence-corrected chi connectivity index (χ2v) is 4.13. The SMILES string of the molecule is COc1cc(Cl)nc(NC(=O)c2cccc(Cl)n2)n1. The van der Waals surface area contributed by atoms with Gasteiger partial charge in [-0.25, -0.2) is 9.97 Å². The predicted molar refractivity (Wildman–Crippen MR) is 70.8 cm³/mol. The largest absolute Gasteiger partial charge is 0.481 e. The molecule has 6 nitrogen and oxygen atoms in total. The minimum Gasteiger partial charge on any atom is -0.481 e. The second-order valence-electron chi connectivity index (χ2n) is 3.36. The normalized spacial score (nSPS) is 10.1. The van der Waals surface area contributed by atoms with E-state index >= 15 is 0 Å². The average Bonchev–Trinajstić information content (AvgIpc) is 2.38. The van der Waals surface area contributed by atoms with Crippen molar-refractivity contribution in [1.82, 2.24) is 15.0 Å². The van der Waals surface area contributed by atoms with Crippen molar-refractivity contribution in [3.05, 3.63) is 40.3 Å². The van der Waals surface area contributed by atoms with E-state index in [1.54, 1.807) is 12.1 Å². The molecule has 2 aromatic heterocycles. The van der Waals surface area contributed by atoms with Crippen LogP contribution < -0.4 is 10.1 Å². The lowest BCUT2D eigenvalue weighted by molar-refractivity contribution is 0.102. The second kappa shape index (κ2) is 5.81. The van der Waals surface area contributed by atoms with E-state index in [1.165, 1.54) is 19.2 Å². The number of amides is 1. The van der Waals surface area contributed by atoms with Crippen LogP contribution in [0.3, 0.4) is 0 Å². The molecule has 0 aliphatic carbocycles. The van der Waals surface area contributed by atoms with Gasteiger partial charge in [0.2, 0.25) is 11.8 Å². The maximum Gasteiger partial charge on any atom is 0.276 e. The van der Waals surface area contributed by atoms with E-state index in [4.69, 9.17) is 27.9 Å². The van der Waals surface area contributed by atoms with Crippen LogP contribution >= 0.6 is 23.2 Å². The summed E-state index contributed by atoms with van der Waals surface area (Å²) in [4.78, 5) is 23.5. The Morgan fingerprint density at radius 1 is 1.21 bits per heavy atom. The molecule has 1 amide bonds. The summed E-state index contributed by atoms with van der Waals surface area (Å²) in [6.45, 7) is 0. The number of rotatable bonds is 3. The van der Waals surface area contributed by atoms with Crippen molar-refractivity contribution in [1.29, 1.82) is 0 Å². The molecule has 0 spiro atoms. The highest BCUT2D eigenvalue weighted by molar-refractivity contribution is 6.30. The van der Waals surface area contributed by atoms with Gasteiger partial charge in [-0.3, -0.25) is 10.1 Å². The van der Waals surface area contributed by atoms with Crippen LogP contribution in [0.5, 0.6) is 5.88 Å². The quantitative estimate of drug-likeness (QED) is 0.695. The highest BCUT2D eigenvalue weighted by Gasteiger charge is 2.11. The maximum absolute atomic E-state index is 11.9. The molecule has 0 aliphatic heterocycles. The summed E-state index contributed by atoms with van der Waals surface area (Å²) in [5, 5.41) is 2.83. The molecule has 0 saturated carbocycles. The van der Waals surface area contributed by atoms with Crippen LogP contribution in [-0.2, 0) is 0 Å². The number of aromatic nitrogens is 3. The van der Waals surface area contributed by atoms with Gasteiger partial charge in [-0.1, -0.05) is 29.3 Å². The molecule has 0 bridgehead atoms. The van der Waals surface area contributed by atoms with Gasteiger partial charge >= 0.3 is 0 Å². The van der Waals surface area contributed by atoms with Crippen molar-refractivity contribution in [2.45, 2.75) is 0 Å². The fourth-order valence-electron chi connectivity index (χ4n) is 1.26. The average molecular weight is 299 g/mol. The predicted octanol–water partition coefficient (Wildman–Crippen LogP) is 2.44. The summed E-state index contributed by atoms with van der Waals surface area (Å²) in [5.41, 5.74) is 0.148. The van der Waals surface area contributed by atoms with Crippen LogP contribution in [0.2, 0.25) is 10.3 Å². The van der Waals surface area contributed by atoms with Gasteiger partial charge in [0, 0.05) is 6.07 Å². The molecule has 2 rings (SSSR count). The van der Waals surface area contributed by atoms with Crippen molar-refractivity contribution < 1.29 is 9.53 Å². The Labute approximate surface area is 118 Å². The zero-order valence-electron chi connectivity index (χ0n) is 9.72. The maximum atomic E-state index is 11.9. The molecule has 2 aromatic rings. The van der Waals surface area contributed by atoms with Crippen LogP contribution in [0.1, 0.15) is 10.5 Å². The standard InChI is InChI=1S/C11H8Cl2N4O2/c1-19-9-5-8(13)15-11(16-9)17-10(18)6-3-2-4-7(12)14-6/h2-5H,1H3,(H,15,16,17,18). The molecule has 1 N–H and O–H groups in total. The molecule has 2 heterocycles. The van der Waals surface area contributed by atoms with Crippen LogP contribution in [0.4, 0.5) is 5.95 Å². The fraction of sp³-hybridized carbons (Fsp3) is 0.0909. The van der Waals surface area contributed by atoms with E-state index in [0.29, 0.717) is 0 Å². The number of carbonyl (C=O) groups excluding carboxylic acids is 1. The zero-order valence-corrected chi connectivity index (χ0v) is 11.2. The molecule has 0 radical (unpaired) electrons. The Morgan fingerprint density at radius 2 is 2.00 bits per heavy atom. The summed E-state index contributed by atoms with van der Waals surface area (Å²) in [7, 11) is 1.43. The molecular weight excluding hydrogens is 291 g/mol. The molecule has 19 heavy (non-hydrogen) atoms. The first-order valence-electron chi connectivity index (χ1n) is 5.11. The lowest BCUT2D eigenvalue weighted by Gasteiger charge is -2.05. The summed E-state index contributed by atoms with van der Waals surface area (Å²) in [6.07, 6.45) is 0. The molecular formula is C11H8Cl2N4O2. The number of carbonyl (C=O) groups is 1. The highest BCUT2D eigenvalue weighted by atomic mass is 35.5. The molecule has 0 aliphatic rings. The number of nitrogens with one attached hydrogen (secondary N) is 1. The molecule has 98 valence electrons. The number of hydrogen-bond donors (Lipinski definition) is 1. The molecule has 0 atom stereocenters. The minimum atomic E-state index is -0.494. The Balaban J connectivity index is 2.21. The number of pyridine rings is 1. The smallest absolute Gasteiger partial charge is 0.276 e. The van der Waals surface area contributed by atoms with Gasteiger partial charge in [-0.2, -0.15) is 4.98 Å². The summed E-state index contributed by atoms with van der Waals surface area (Å²) >= 11 is 11.5. The van der Waals surface area contributed by atoms with Crippen molar-refractivity contribution in [3.8, 4) is 5.88 Å². The first-order valence-corrected chi connectivity index (χ1v) is 5.86. The van der Waals surface area contributed by atoms with Gasteiger partial charge in [0.1, 0.15) is 16.0 Å². The number of hydrogen-bond acceptors (Lipinski definition) is 5. The topological polar surface area (TPSA) is 77.0 Å². The molecule has 0 saturated heterocycles. The van der Waals surface area contributed by atoms with Crippen molar-refractivity contribution in [3.63, 3.8) is 0 Å². The third kappa shape index (κ3) is 3.52. The van der Waals surface area contributed by atoms with Crippen molar-refractivity contribution in [2.75, 3.05) is 12.4 Å². The van der Waals surface area contributed by atoms with Crippen LogP contribution in [0.25, 0.3) is 0 Å². The van der Waals surface area contributed by atoms with E-state index in [0.717, 1.165) is 0 Å². The monoisotopic (exact) mass is 298 g/mol. The van der Waals surface area contributed by atoms with Gasteiger partial charge < -0.3 is 4.74 Å². The Hall–Kier alpha value is -1.92. The van der Waals surface area contributed by atoms with E-state index in [1.807, 2.05) is 0 Å². The third-order valence-corrected chi connectivity index (χ3v) is 2.46. The highest BCUT2D eigenvalue weighted by Crippen LogP contribution is 2.16. The lowest BCUT2D eigenvalue weighted by atomic mass is 10.3. The number of ether oxygens (including phenoxy) is 1. The first kappa shape index (κ1) is 13.5.